The van der Waals surface area contributed by atoms with Crippen LogP contribution < -0.4 is 10.5 Å². The van der Waals surface area contributed by atoms with Gasteiger partial charge < -0.3 is 10.5 Å². The molecule has 5 nitrogen and oxygen atoms in total. The van der Waals surface area contributed by atoms with E-state index in [1.807, 2.05) is 19.1 Å². The molecule has 21 heavy (non-hydrogen) atoms. The van der Waals surface area contributed by atoms with Crippen molar-refractivity contribution in [1.82, 2.24) is 0 Å². The first-order chi connectivity index (χ1) is 9.99. The third-order valence-corrected chi connectivity index (χ3v) is 3.06. The van der Waals surface area contributed by atoms with Crippen LogP contribution in [-0.2, 0) is 6.61 Å². The van der Waals surface area contributed by atoms with E-state index in [-0.39, 0.29) is 18.2 Å². The van der Waals surface area contributed by atoms with Crippen LogP contribution in [-0.4, -0.2) is 4.92 Å². The Hall–Kier alpha value is -2.47. The quantitative estimate of drug-likeness (QED) is 0.676. The molecule has 0 fully saturated rings. The van der Waals surface area contributed by atoms with Crippen LogP contribution in [0, 0.1) is 15.9 Å². The molecule has 0 amide bonds. The van der Waals surface area contributed by atoms with Gasteiger partial charge in [-0.05, 0) is 24.6 Å². The van der Waals surface area contributed by atoms with E-state index < -0.39 is 16.4 Å². The molecule has 0 heterocycles. The van der Waals surface area contributed by atoms with Gasteiger partial charge in [0.05, 0.1) is 4.92 Å². The lowest BCUT2D eigenvalue weighted by molar-refractivity contribution is -0.387. The Bertz CT molecular complexity index is 642. The standard InChI is InChI=1S/C15H15FN2O3/c1-10(17)11-5-7-13(8-6-11)21-9-12-3-2-4-14(15(12)16)18(19)20/h2-8,10H,9,17H2,1H3. The highest BCUT2D eigenvalue weighted by atomic mass is 19.1. The van der Waals surface area contributed by atoms with Gasteiger partial charge in [0.1, 0.15) is 12.4 Å². The largest absolute Gasteiger partial charge is 0.489 e. The molecule has 0 saturated heterocycles. The van der Waals surface area contributed by atoms with E-state index in [0.29, 0.717) is 5.75 Å². The molecule has 6 heteroatoms. The van der Waals surface area contributed by atoms with E-state index in [0.717, 1.165) is 11.6 Å². The summed E-state index contributed by atoms with van der Waals surface area (Å²) in [4.78, 5) is 9.91. The van der Waals surface area contributed by atoms with Crippen molar-refractivity contribution < 1.29 is 14.1 Å². The van der Waals surface area contributed by atoms with Crippen LogP contribution in [0.2, 0.25) is 0 Å². The normalized spacial score (nSPS) is 12.0. The van der Waals surface area contributed by atoms with Crippen molar-refractivity contribution in [1.29, 1.82) is 0 Å². The van der Waals surface area contributed by atoms with Gasteiger partial charge in [-0.1, -0.05) is 24.3 Å². The van der Waals surface area contributed by atoms with Crippen molar-refractivity contribution in [3.05, 3.63) is 69.5 Å². The summed E-state index contributed by atoms with van der Waals surface area (Å²) in [5.41, 5.74) is 6.29. The summed E-state index contributed by atoms with van der Waals surface area (Å²) in [5.74, 6) is -0.319. The monoisotopic (exact) mass is 290 g/mol. The Balaban J connectivity index is 2.09. The summed E-state index contributed by atoms with van der Waals surface area (Å²) in [6.45, 7) is 1.79. The van der Waals surface area contributed by atoms with E-state index >= 15 is 0 Å². The fourth-order valence-corrected chi connectivity index (χ4v) is 1.85. The fraction of sp³-hybridized carbons (Fsp3) is 0.200. The summed E-state index contributed by atoms with van der Waals surface area (Å²) >= 11 is 0. The predicted octanol–water partition coefficient (Wildman–Crippen LogP) is 3.33. The molecule has 1 unspecified atom stereocenters. The molecule has 0 aromatic heterocycles. The molecule has 2 N–H and O–H groups in total. The maximum Gasteiger partial charge on any atom is 0.305 e. The number of nitrogens with zero attached hydrogens (tertiary/aromatic N) is 1. The number of rotatable bonds is 5. The van der Waals surface area contributed by atoms with E-state index in [1.54, 1.807) is 12.1 Å². The van der Waals surface area contributed by atoms with Gasteiger partial charge in [0.15, 0.2) is 0 Å². The van der Waals surface area contributed by atoms with Crippen molar-refractivity contribution >= 4 is 5.69 Å². The number of hydrogen-bond acceptors (Lipinski definition) is 4. The Labute approximate surface area is 121 Å². The van der Waals surface area contributed by atoms with Crippen LogP contribution >= 0.6 is 0 Å². The zero-order chi connectivity index (χ0) is 15.4. The molecular weight excluding hydrogens is 275 g/mol. The highest BCUT2D eigenvalue weighted by molar-refractivity contribution is 5.37. The zero-order valence-corrected chi connectivity index (χ0v) is 11.5. The number of benzene rings is 2. The molecule has 0 bridgehead atoms. The second-order valence-electron chi connectivity index (χ2n) is 4.65. The van der Waals surface area contributed by atoms with Gasteiger partial charge >= 0.3 is 5.69 Å². The van der Waals surface area contributed by atoms with E-state index in [1.165, 1.54) is 12.1 Å². The van der Waals surface area contributed by atoms with Gasteiger partial charge in [0.25, 0.3) is 0 Å². The van der Waals surface area contributed by atoms with Crippen molar-refractivity contribution in [3.8, 4) is 5.75 Å². The maximum absolute atomic E-state index is 13.9. The van der Waals surface area contributed by atoms with Crippen LogP contribution in [0.15, 0.2) is 42.5 Å². The van der Waals surface area contributed by atoms with Crippen LogP contribution in [0.25, 0.3) is 0 Å². The van der Waals surface area contributed by atoms with E-state index in [4.69, 9.17) is 10.5 Å². The smallest absolute Gasteiger partial charge is 0.305 e. The second kappa shape index (κ2) is 6.32. The van der Waals surface area contributed by atoms with Crippen LogP contribution in [0.4, 0.5) is 10.1 Å². The molecule has 0 aliphatic carbocycles. The van der Waals surface area contributed by atoms with Crippen molar-refractivity contribution in [2.75, 3.05) is 0 Å². The second-order valence-corrected chi connectivity index (χ2v) is 4.65. The summed E-state index contributed by atoms with van der Waals surface area (Å²) in [6, 6.07) is 11.0. The molecular formula is C15H15FN2O3. The average molecular weight is 290 g/mol. The third kappa shape index (κ3) is 3.55. The van der Waals surface area contributed by atoms with Crippen molar-refractivity contribution in [3.63, 3.8) is 0 Å². The predicted molar refractivity (Wildman–Crippen MR) is 76.4 cm³/mol. The van der Waals surface area contributed by atoms with Gasteiger partial charge in [-0.15, -0.1) is 0 Å². The first-order valence-electron chi connectivity index (χ1n) is 6.39. The van der Waals surface area contributed by atoms with Crippen LogP contribution in [0.3, 0.4) is 0 Å². The van der Waals surface area contributed by atoms with E-state index in [9.17, 15) is 14.5 Å². The molecule has 0 aliphatic rings. The molecule has 0 spiro atoms. The Morgan fingerprint density at radius 1 is 1.29 bits per heavy atom. The fourth-order valence-electron chi connectivity index (χ4n) is 1.85. The van der Waals surface area contributed by atoms with Gasteiger partial charge in [-0.2, -0.15) is 4.39 Å². The number of hydrogen-bond donors (Lipinski definition) is 1. The minimum Gasteiger partial charge on any atom is -0.489 e. The summed E-state index contributed by atoms with van der Waals surface area (Å²) in [7, 11) is 0. The zero-order valence-electron chi connectivity index (χ0n) is 11.5. The third-order valence-electron chi connectivity index (χ3n) is 3.06. The molecule has 0 saturated carbocycles. The lowest BCUT2D eigenvalue weighted by atomic mass is 10.1. The Morgan fingerprint density at radius 3 is 2.52 bits per heavy atom. The number of ether oxygens (including phenoxy) is 1. The summed E-state index contributed by atoms with van der Waals surface area (Å²) < 4.78 is 19.3. The molecule has 0 radical (unpaired) electrons. The van der Waals surface area contributed by atoms with Crippen molar-refractivity contribution in [2.24, 2.45) is 5.73 Å². The Kier molecular flexibility index (Phi) is 4.49. The maximum atomic E-state index is 13.9. The molecule has 1 atom stereocenters. The highest BCUT2D eigenvalue weighted by Crippen LogP contribution is 2.22. The SMILES string of the molecule is CC(N)c1ccc(OCc2cccc([N+](=O)[O-])c2F)cc1. The topological polar surface area (TPSA) is 78.4 Å². The van der Waals surface area contributed by atoms with Gasteiger partial charge in [0.2, 0.25) is 5.82 Å². The lowest BCUT2D eigenvalue weighted by Gasteiger charge is -2.09. The number of nitro groups is 1. The minimum atomic E-state index is -0.866. The van der Waals surface area contributed by atoms with Gasteiger partial charge in [0, 0.05) is 17.7 Å². The van der Waals surface area contributed by atoms with Gasteiger partial charge in [-0.25, -0.2) is 0 Å². The average Bonchev–Trinajstić information content (AvgIpc) is 2.46. The molecule has 2 aromatic carbocycles. The minimum absolute atomic E-state index is 0.0757. The van der Waals surface area contributed by atoms with E-state index in [2.05, 4.69) is 0 Å². The number of nitro benzene ring substituents is 1. The molecule has 110 valence electrons. The van der Waals surface area contributed by atoms with Crippen LogP contribution in [0.1, 0.15) is 24.1 Å². The van der Waals surface area contributed by atoms with Crippen molar-refractivity contribution in [2.45, 2.75) is 19.6 Å². The molecule has 0 aliphatic heterocycles. The van der Waals surface area contributed by atoms with Gasteiger partial charge in [-0.3, -0.25) is 10.1 Å². The highest BCUT2D eigenvalue weighted by Gasteiger charge is 2.17. The molecule has 2 rings (SSSR count). The van der Waals surface area contributed by atoms with Crippen LogP contribution in [0.5, 0.6) is 5.75 Å². The first-order valence-corrected chi connectivity index (χ1v) is 6.39. The lowest BCUT2D eigenvalue weighted by Crippen LogP contribution is -2.05. The number of halogens is 1. The first kappa shape index (κ1) is 14.9. The molecule has 2 aromatic rings. The summed E-state index contributed by atoms with van der Waals surface area (Å²) in [6.07, 6.45) is 0. The Morgan fingerprint density at radius 2 is 1.95 bits per heavy atom. The number of nitrogens with two attached hydrogens (primary N) is 1. The summed E-state index contributed by atoms with van der Waals surface area (Å²) in [5, 5.41) is 10.7.